The smallest absolute Gasteiger partial charge is 0.254 e. The summed E-state index contributed by atoms with van der Waals surface area (Å²) in [5.74, 6) is -0.561. The Morgan fingerprint density at radius 3 is 2.17 bits per heavy atom. The molecule has 1 N–H and O–H groups in total. The average molecular weight is 406 g/mol. The average Bonchev–Trinajstić information content (AvgIpc) is 2.81. The van der Waals surface area contributed by atoms with Crippen molar-refractivity contribution in [3.8, 4) is 0 Å². The zero-order chi connectivity index (χ0) is 20.9. The van der Waals surface area contributed by atoms with Gasteiger partial charge in [-0.05, 0) is 24.3 Å². The van der Waals surface area contributed by atoms with Crippen LogP contribution in [0, 0.1) is 0 Å². The lowest BCUT2D eigenvalue weighted by Crippen LogP contribution is -2.59. The zero-order valence-electron chi connectivity index (χ0n) is 16.9. The summed E-state index contributed by atoms with van der Waals surface area (Å²) < 4.78 is 0. The third-order valence-corrected chi connectivity index (χ3v) is 5.73. The van der Waals surface area contributed by atoms with Gasteiger partial charge in [-0.2, -0.15) is 0 Å². The Morgan fingerprint density at radius 1 is 0.867 bits per heavy atom. The minimum atomic E-state index is -0.772. The van der Waals surface area contributed by atoms with E-state index >= 15 is 0 Å². The Kier molecular flexibility index (Phi) is 5.97. The largest absolute Gasteiger partial charge is 0.368 e. The third kappa shape index (κ3) is 4.30. The number of hydrogen-bond donors (Lipinski definition) is 1. The van der Waals surface area contributed by atoms with Gasteiger partial charge in [-0.25, -0.2) is 0 Å². The van der Waals surface area contributed by atoms with Crippen molar-refractivity contribution in [3.05, 3.63) is 66.2 Å². The Morgan fingerprint density at radius 2 is 1.50 bits per heavy atom. The topological polar surface area (TPSA) is 73.0 Å². The fraction of sp³-hybridized carbons (Fsp3) is 0.348. The van der Waals surface area contributed by atoms with Crippen LogP contribution in [0.5, 0.6) is 0 Å². The highest BCUT2D eigenvalue weighted by Crippen LogP contribution is 2.18. The van der Waals surface area contributed by atoms with Crippen molar-refractivity contribution in [1.29, 1.82) is 0 Å². The number of amides is 3. The maximum absolute atomic E-state index is 12.9. The molecule has 3 amide bonds. The van der Waals surface area contributed by atoms with Crippen LogP contribution >= 0.6 is 0 Å². The quantitative estimate of drug-likeness (QED) is 0.832. The number of para-hydroxylation sites is 1. The van der Waals surface area contributed by atoms with Crippen LogP contribution in [0.2, 0.25) is 0 Å². The lowest BCUT2D eigenvalue weighted by molar-refractivity contribution is -0.138. The monoisotopic (exact) mass is 406 g/mol. The van der Waals surface area contributed by atoms with E-state index in [0.717, 1.165) is 18.8 Å². The van der Waals surface area contributed by atoms with Crippen molar-refractivity contribution >= 4 is 23.4 Å². The molecule has 0 aliphatic carbocycles. The van der Waals surface area contributed by atoms with E-state index in [0.29, 0.717) is 31.7 Å². The number of anilines is 1. The third-order valence-electron chi connectivity index (χ3n) is 5.73. The fourth-order valence-corrected chi connectivity index (χ4v) is 4.05. The highest BCUT2D eigenvalue weighted by Gasteiger charge is 2.36. The summed E-state index contributed by atoms with van der Waals surface area (Å²) in [6, 6.07) is 18.3. The molecule has 7 heteroatoms. The summed E-state index contributed by atoms with van der Waals surface area (Å²) in [7, 11) is 0. The van der Waals surface area contributed by atoms with Crippen molar-refractivity contribution in [2.45, 2.75) is 12.5 Å². The SMILES string of the molecule is O=C1NCCN(C(=O)c2ccccc2)C1CC(=O)N1CCN(c2ccccc2)CC1. The molecule has 2 aromatic carbocycles. The molecule has 0 radical (unpaired) electrons. The van der Waals surface area contributed by atoms with Crippen LogP contribution in [0.15, 0.2) is 60.7 Å². The lowest BCUT2D eigenvalue weighted by Gasteiger charge is -2.38. The molecular formula is C23H26N4O3. The Labute approximate surface area is 176 Å². The number of piperazine rings is 2. The molecule has 1 atom stereocenters. The zero-order valence-corrected chi connectivity index (χ0v) is 16.9. The van der Waals surface area contributed by atoms with Crippen molar-refractivity contribution in [1.82, 2.24) is 15.1 Å². The van der Waals surface area contributed by atoms with Gasteiger partial charge in [-0.15, -0.1) is 0 Å². The molecule has 0 saturated carbocycles. The Bertz CT molecular complexity index is 895. The van der Waals surface area contributed by atoms with Gasteiger partial charge >= 0.3 is 0 Å². The van der Waals surface area contributed by atoms with E-state index in [-0.39, 0.29) is 24.1 Å². The van der Waals surface area contributed by atoms with E-state index < -0.39 is 6.04 Å². The molecular weight excluding hydrogens is 380 g/mol. The number of rotatable bonds is 4. The van der Waals surface area contributed by atoms with Gasteiger partial charge in [0.25, 0.3) is 5.91 Å². The van der Waals surface area contributed by atoms with Crippen LogP contribution in [0.1, 0.15) is 16.8 Å². The number of carbonyl (C=O) groups excluding carboxylic acids is 3. The van der Waals surface area contributed by atoms with Gasteiger partial charge in [0.05, 0.1) is 6.42 Å². The van der Waals surface area contributed by atoms with E-state index in [1.54, 1.807) is 29.2 Å². The van der Waals surface area contributed by atoms with Gasteiger partial charge in [-0.3, -0.25) is 14.4 Å². The van der Waals surface area contributed by atoms with E-state index in [1.807, 2.05) is 24.3 Å². The number of nitrogens with one attached hydrogen (secondary N) is 1. The molecule has 2 saturated heterocycles. The van der Waals surface area contributed by atoms with Crippen molar-refractivity contribution < 1.29 is 14.4 Å². The molecule has 7 nitrogen and oxygen atoms in total. The highest BCUT2D eigenvalue weighted by atomic mass is 16.2. The highest BCUT2D eigenvalue weighted by molar-refractivity contribution is 5.99. The van der Waals surface area contributed by atoms with Gasteiger partial charge in [-0.1, -0.05) is 36.4 Å². The van der Waals surface area contributed by atoms with Crippen LogP contribution in [0.25, 0.3) is 0 Å². The van der Waals surface area contributed by atoms with Gasteiger partial charge < -0.3 is 20.0 Å². The maximum atomic E-state index is 12.9. The first-order chi connectivity index (χ1) is 14.6. The molecule has 0 aromatic heterocycles. The standard InChI is InChI=1S/C23H26N4O3/c28-21(26-15-13-25(14-16-26)19-9-5-2-6-10-19)17-20-22(29)24-11-12-27(20)23(30)18-7-3-1-4-8-18/h1-10,20H,11-17H2,(H,24,29). The second kappa shape index (κ2) is 8.98. The molecule has 2 heterocycles. The molecule has 2 fully saturated rings. The van der Waals surface area contributed by atoms with E-state index in [2.05, 4.69) is 22.3 Å². The number of benzene rings is 2. The second-order valence-electron chi connectivity index (χ2n) is 7.58. The first-order valence-electron chi connectivity index (χ1n) is 10.3. The molecule has 30 heavy (non-hydrogen) atoms. The van der Waals surface area contributed by atoms with E-state index in [9.17, 15) is 14.4 Å². The number of nitrogens with zero attached hydrogens (tertiary/aromatic N) is 3. The van der Waals surface area contributed by atoms with Crippen molar-refractivity contribution in [2.75, 3.05) is 44.2 Å². The van der Waals surface area contributed by atoms with Gasteiger partial charge in [0, 0.05) is 50.5 Å². The predicted octanol–water partition coefficient (Wildman–Crippen LogP) is 1.37. The molecule has 2 aromatic rings. The minimum Gasteiger partial charge on any atom is -0.368 e. The first kappa shape index (κ1) is 19.9. The Balaban J connectivity index is 1.39. The van der Waals surface area contributed by atoms with Crippen molar-refractivity contribution in [2.24, 2.45) is 0 Å². The van der Waals surface area contributed by atoms with Crippen molar-refractivity contribution in [3.63, 3.8) is 0 Å². The van der Waals surface area contributed by atoms with Gasteiger partial charge in [0.15, 0.2) is 0 Å². The normalized spacial score (nSPS) is 19.4. The minimum absolute atomic E-state index is 0.00967. The molecule has 156 valence electrons. The number of hydrogen-bond acceptors (Lipinski definition) is 4. The molecule has 0 bridgehead atoms. The van der Waals surface area contributed by atoms with Crippen LogP contribution in [0.3, 0.4) is 0 Å². The molecule has 0 spiro atoms. The predicted molar refractivity (Wildman–Crippen MR) is 114 cm³/mol. The molecule has 1 unspecified atom stereocenters. The summed E-state index contributed by atoms with van der Waals surface area (Å²) in [6.07, 6.45) is 0.00967. The lowest BCUT2D eigenvalue weighted by atomic mass is 10.1. The van der Waals surface area contributed by atoms with E-state index in [1.165, 1.54) is 4.90 Å². The van der Waals surface area contributed by atoms with Gasteiger partial charge in [0.2, 0.25) is 11.8 Å². The van der Waals surface area contributed by atoms with Crippen LogP contribution in [-0.2, 0) is 9.59 Å². The Hall–Kier alpha value is -3.35. The molecule has 2 aliphatic heterocycles. The second-order valence-corrected chi connectivity index (χ2v) is 7.58. The van der Waals surface area contributed by atoms with E-state index in [4.69, 9.17) is 0 Å². The summed E-state index contributed by atoms with van der Waals surface area (Å²) in [4.78, 5) is 44.0. The molecule has 2 aliphatic rings. The number of carbonyl (C=O) groups is 3. The van der Waals surface area contributed by atoms with Crippen LogP contribution < -0.4 is 10.2 Å². The van der Waals surface area contributed by atoms with Gasteiger partial charge in [0.1, 0.15) is 6.04 Å². The molecule has 4 rings (SSSR count). The summed E-state index contributed by atoms with van der Waals surface area (Å²) >= 11 is 0. The van der Waals surface area contributed by atoms with Crippen LogP contribution in [0.4, 0.5) is 5.69 Å². The van der Waals surface area contributed by atoms with Crippen LogP contribution in [-0.4, -0.2) is 72.8 Å². The maximum Gasteiger partial charge on any atom is 0.254 e. The summed E-state index contributed by atoms with van der Waals surface area (Å²) in [5, 5.41) is 2.79. The first-order valence-corrected chi connectivity index (χ1v) is 10.3. The summed E-state index contributed by atoms with van der Waals surface area (Å²) in [6.45, 7) is 3.51. The fourth-order valence-electron chi connectivity index (χ4n) is 4.05. The summed E-state index contributed by atoms with van der Waals surface area (Å²) in [5.41, 5.74) is 1.68.